The van der Waals surface area contributed by atoms with Crippen LogP contribution in [-0.2, 0) is 5.75 Å². The zero-order chi connectivity index (χ0) is 13.2. The molecule has 0 saturated carbocycles. The average Bonchev–Trinajstić information content (AvgIpc) is 2.80. The van der Waals surface area contributed by atoms with Crippen LogP contribution in [0.1, 0.15) is 5.56 Å². The second-order valence-corrected chi connectivity index (χ2v) is 7.07. The third-order valence-corrected chi connectivity index (χ3v) is 5.46. The van der Waals surface area contributed by atoms with Crippen LogP contribution in [0.5, 0.6) is 0 Å². The molecular formula is C14H9Cl2NS2. The Bertz CT molecular complexity index is 691. The van der Waals surface area contributed by atoms with Gasteiger partial charge in [0.25, 0.3) is 0 Å². The summed E-state index contributed by atoms with van der Waals surface area (Å²) >= 11 is 15.5. The largest absolute Gasteiger partial charge is 0.230 e. The normalized spacial score (nSPS) is 11.1. The quantitative estimate of drug-likeness (QED) is 0.556. The molecule has 3 aromatic rings. The maximum atomic E-state index is 6.16. The lowest BCUT2D eigenvalue weighted by molar-refractivity contribution is 1.29. The number of para-hydroxylation sites is 1. The smallest absolute Gasteiger partial charge is 0.151 e. The Labute approximate surface area is 129 Å². The van der Waals surface area contributed by atoms with Gasteiger partial charge in [0.15, 0.2) is 4.34 Å². The van der Waals surface area contributed by atoms with Crippen LogP contribution < -0.4 is 0 Å². The predicted octanol–water partition coefficient (Wildman–Crippen LogP) is 5.90. The minimum Gasteiger partial charge on any atom is -0.230 e. The number of aromatic nitrogens is 1. The summed E-state index contributed by atoms with van der Waals surface area (Å²) < 4.78 is 2.28. The molecule has 96 valence electrons. The number of nitrogens with zero attached hydrogens (tertiary/aromatic N) is 1. The highest BCUT2D eigenvalue weighted by Gasteiger charge is 2.06. The number of thiazole rings is 1. The van der Waals surface area contributed by atoms with Gasteiger partial charge < -0.3 is 0 Å². The van der Waals surface area contributed by atoms with Crippen LogP contribution >= 0.6 is 46.3 Å². The van der Waals surface area contributed by atoms with E-state index in [1.54, 1.807) is 29.2 Å². The van der Waals surface area contributed by atoms with Crippen molar-refractivity contribution >= 4 is 56.5 Å². The fraction of sp³-hybridized carbons (Fsp3) is 0.0714. The highest BCUT2D eigenvalue weighted by atomic mass is 35.5. The van der Waals surface area contributed by atoms with E-state index in [9.17, 15) is 0 Å². The lowest BCUT2D eigenvalue weighted by atomic mass is 10.2. The molecule has 0 radical (unpaired) electrons. The van der Waals surface area contributed by atoms with Gasteiger partial charge in [-0.1, -0.05) is 53.2 Å². The molecule has 5 heteroatoms. The zero-order valence-electron chi connectivity index (χ0n) is 9.77. The summed E-state index contributed by atoms with van der Waals surface area (Å²) in [6.45, 7) is 0. The van der Waals surface area contributed by atoms with Crippen LogP contribution in [0.4, 0.5) is 0 Å². The van der Waals surface area contributed by atoms with Crippen molar-refractivity contribution in [1.29, 1.82) is 0 Å². The summed E-state index contributed by atoms with van der Waals surface area (Å²) in [5.41, 5.74) is 2.13. The number of hydrogen-bond donors (Lipinski definition) is 0. The second kappa shape index (κ2) is 5.71. The van der Waals surface area contributed by atoms with Crippen molar-refractivity contribution in [2.24, 2.45) is 0 Å². The van der Waals surface area contributed by atoms with Gasteiger partial charge >= 0.3 is 0 Å². The van der Waals surface area contributed by atoms with Gasteiger partial charge in [-0.25, -0.2) is 4.98 Å². The van der Waals surface area contributed by atoms with E-state index in [-0.39, 0.29) is 0 Å². The third-order valence-electron chi connectivity index (χ3n) is 2.64. The summed E-state index contributed by atoms with van der Waals surface area (Å²) in [7, 11) is 0. The Hall–Kier alpha value is -0.740. The topological polar surface area (TPSA) is 12.9 Å². The first-order valence-electron chi connectivity index (χ1n) is 5.65. The minimum absolute atomic E-state index is 0.665. The standard InChI is InChI=1S/C14H9Cl2NS2/c15-10-6-5-9(11(16)7-10)8-18-14-17-12-3-1-2-4-13(12)19-14/h1-7H,8H2. The summed E-state index contributed by atoms with van der Waals surface area (Å²) in [6, 6.07) is 13.8. The molecule has 0 aliphatic heterocycles. The summed E-state index contributed by atoms with van der Waals surface area (Å²) in [6.07, 6.45) is 0. The number of benzene rings is 2. The van der Waals surface area contributed by atoms with E-state index in [4.69, 9.17) is 23.2 Å². The van der Waals surface area contributed by atoms with Crippen molar-refractivity contribution in [2.45, 2.75) is 10.1 Å². The van der Waals surface area contributed by atoms with Gasteiger partial charge in [-0.15, -0.1) is 11.3 Å². The molecule has 1 nitrogen and oxygen atoms in total. The van der Waals surface area contributed by atoms with Crippen LogP contribution in [0, 0.1) is 0 Å². The molecule has 1 aromatic heterocycles. The Morgan fingerprint density at radius 1 is 1.11 bits per heavy atom. The van der Waals surface area contributed by atoms with E-state index >= 15 is 0 Å². The van der Waals surface area contributed by atoms with Gasteiger partial charge in [-0.2, -0.15) is 0 Å². The molecule has 0 fully saturated rings. The number of fused-ring (bicyclic) bond motifs is 1. The van der Waals surface area contributed by atoms with Gasteiger partial charge in [-0.3, -0.25) is 0 Å². The maximum Gasteiger partial charge on any atom is 0.151 e. The van der Waals surface area contributed by atoms with Gasteiger partial charge in [0.1, 0.15) is 0 Å². The fourth-order valence-corrected chi connectivity index (χ4v) is 4.32. The molecule has 0 bridgehead atoms. The predicted molar refractivity (Wildman–Crippen MR) is 85.6 cm³/mol. The van der Waals surface area contributed by atoms with Crippen LogP contribution in [0.3, 0.4) is 0 Å². The third kappa shape index (κ3) is 3.06. The number of thioether (sulfide) groups is 1. The summed E-state index contributed by atoms with van der Waals surface area (Å²) in [5, 5.41) is 1.37. The molecule has 0 unspecified atom stereocenters. The molecule has 0 N–H and O–H groups in total. The first-order chi connectivity index (χ1) is 9.22. The highest BCUT2D eigenvalue weighted by Crippen LogP contribution is 2.33. The molecule has 19 heavy (non-hydrogen) atoms. The lowest BCUT2D eigenvalue weighted by Gasteiger charge is -2.02. The molecular weight excluding hydrogens is 317 g/mol. The molecule has 0 atom stereocenters. The number of hydrogen-bond acceptors (Lipinski definition) is 3. The molecule has 0 amide bonds. The molecule has 3 rings (SSSR count). The highest BCUT2D eigenvalue weighted by molar-refractivity contribution is 8.00. The van der Waals surface area contributed by atoms with Gasteiger partial charge in [0.05, 0.1) is 10.2 Å². The van der Waals surface area contributed by atoms with Gasteiger partial charge in [0.2, 0.25) is 0 Å². The zero-order valence-corrected chi connectivity index (χ0v) is 12.9. The lowest BCUT2D eigenvalue weighted by Crippen LogP contribution is -1.82. The monoisotopic (exact) mass is 325 g/mol. The van der Waals surface area contributed by atoms with Crippen LogP contribution in [0.2, 0.25) is 10.0 Å². The van der Waals surface area contributed by atoms with Crippen molar-refractivity contribution < 1.29 is 0 Å². The first kappa shape index (κ1) is 13.3. The Morgan fingerprint density at radius 3 is 2.74 bits per heavy atom. The maximum absolute atomic E-state index is 6.16. The Kier molecular flexibility index (Phi) is 3.99. The molecule has 0 spiro atoms. The van der Waals surface area contributed by atoms with Crippen molar-refractivity contribution in [3.63, 3.8) is 0 Å². The number of rotatable bonds is 3. The van der Waals surface area contributed by atoms with Crippen LogP contribution in [0.15, 0.2) is 46.8 Å². The number of halogens is 2. The van der Waals surface area contributed by atoms with Crippen LogP contribution in [-0.4, -0.2) is 4.98 Å². The van der Waals surface area contributed by atoms with E-state index in [1.165, 1.54) is 4.70 Å². The van der Waals surface area contributed by atoms with E-state index in [1.807, 2.05) is 30.3 Å². The Balaban J connectivity index is 1.78. The van der Waals surface area contributed by atoms with E-state index < -0.39 is 0 Å². The molecule has 2 aromatic carbocycles. The van der Waals surface area contributed by atoms with Crippen LogP contribution in [0.25, 0.3) is 10.2 Å². The SMILES string of the molecule is Clc1ccc(CSc2nc3ccccc3s2)c(Cl)c1. The second-order valence-electron chi connectivity index (χ2n) is 3.97. The fourth-order valence-electron chi connectivity index (χ4n) is 1.69. The molecule has 0 saturated heterocycles. The van der Waals surface area contributed by atoms with Crippen molar-refractivity contribution in [1.82, 2.24) is 4.98 Å². The molecule has 1 heterocycles. The van der Waals surface area contributed by atoms with E-state index in [0.717, 1.165) is 21.2 Å². The average molecular weight is 326 g/mol. The Morgan fingerprint density at radius 2 is 1.95 bits per heavy atom. The molecule has 0 aliphatic rings. The summed E-state index contributed by atoms with van der Waals surface area (Å²) in [5.74, 6) is 0.801. The van der Waals surface area contributed by atoms with Gasteiger partial charge in [-0.05, 0) is 29.8 Å². The molecule has 0 aliphatic carbocycles. The first-order valence-corrected chi connectivity index (χ1v) is 8.20. The van der Waals surface area contributed by atoms with E-state index in [2.05, 4.69) is 11.1 Å². The summed E-state index contributed by atoms with van der Waals surface area (Å²) in [4.78, 5) is 4.59. The van der Waals surface area contributed by atoms with Gasteiger partial charge in [0, 0.05) is 15.8 Å². The minimum atomic E-state index is 0.665. The van der Waals surface area contributed by atoms with E-state index in [0.29, 0.717) is 10.0 Å². The van der Waals surface area contributed by atoms with Crippen molar-refractivity contribution in [3.8, 4) is 0 Å². The van der Waals surface area contributed by atoms with Crippen molar-refractivity contribution in [2.75, 3.05) is 0 Å². The van der Waals surface area contributed by atoms with Crippen molar-refractivity contribution in [3.05, 3.63) is 58.1 Å².